The molecular weight excluding hydrogens is 270 g/mol. The number of fused-ring (bicyclic) bond motifs is 1. The van der Waals surface area contributed by atoms with Gasteiger partial charge in [-0.05, 0) is 30.7 Å². The van der Waals surface area contributed by atoms with E-state index in [1.165, 1.54) is 11.1 Å². The zero-order chi connectivity index (χ0) is 13.9. The van der Waals surface area contributed by atoms with Crippen molar-refractivity contribution in [2.45, 2.75) is 25.3 Å². The number of carbonyl (C=O) groups is 1. The first-order chi connectivity index (χ1) is 9.74. The van der Waals surface area contributed by atoms with Crippen LogP contribution in [0.15, 0.2) is 18.2 Å². The van der Waals surface area contributed by atoms with Gasteiger partial charge in [0.2, 0.25) is 0 Å². The van der Waals surface area contributed by atoms with Crippen molar-refractivity contribution < 1.29 is 9.53 Å². The Morgan fingerprint density at radius 1 is 1.50 bits per heavy atom. The van der Waals surface area contributed by atoms with E-state index in [0.29, 0.717) is 12.2 Å². The number of hydrogen-bond donors (Lipinski definition) is 0. The largest absolute Gasteiger partial charge is 0.493 e. The lowest BCUT2D eigenvalue weighted by Crippen LogP contribution is -2.44. The molecule has 1 unspecified atom stereocenters. The van der Waals surface area contributed by atoms with Gasteiger partial charge >= 0.3 is 0 Å². The molecule has 3 nitrogen and oxygen atoms in total. The number of rotatable bonds is 4. The number of thioether (sulfide) groups is 1. The highest BCUT2D eigenvalue weighted by molar-refractivity contribution is 7.99. The molecule has 0 saturated carbocycles. The van der Waals surface area contributed by atoms with Crippen LogP contribution in [0.4, 0.5) is 0 Å². The van der Waals surface area contributed by atoms with Gasteiger partial charge in [-0.3, -0.25) is 9.69 Å². The highest BCUT2D eigenvalue weighted by atomic mass is 32.2. The molecule has 1 saturated heterocycles. The summed E-state index contributed by atoms with van der Waals surface area (Å²) in [5.41, 5.74) is 2.55. The molecule has 0 aliphatic carbocycles. The predicted molar refractivity (Wildman–Crippen MR) is 82.7 cm³/mol. The predicted octanol–water partition coefficient (Wildman–Crippen LogP) is 2.17. The summed E-state index contributed by atoms with van der Waals surface area (Å²) >= 11 is 1.89. The Labute approximate surface area is 124 Å². The molecule has 1 aromatic carbocycles. The summed E-state index contributed by atoms with van der Waals surface area (Å²) in [5.74, 6) is 3.50. The number of ether oxygens (including phenoxy) is 1. The minimum absolute atomic E-state index is 0.117. The Morgan fingerprint density at radius 3 is 3.25 bits per heavy atom. The lowest BCUT2D eigenvalue weighted by atomic mass is 10.0. The van der Waals surface area contributed by atoms with E-state index < -0.39 is 0 Å². The van der Waals surface area contributed by atoms with E-state index in [1.54, 1.807) is 0 Å². The lowest BCUT2D eigenvalue weighted by molar-refractivity contribution is -0.123. The number of benzene rings is 1. The average molecular weight is 291 g/mol. The fourth-order valence-corrected chi connectivity index (χ4v) is 4.10. The van der Waals surface area contributed by atoms with E-state index in [-0.39, 0.29) is 6.04 Å². The van der Waals surface area contributed by atoms with Crippen LogP contribution < -0.4 is 4.74 Å². The Kier molecular flexibility index (Phi) is 4.32. The van der Waals surface area contributed by atoms with Gasteiger partial charge in [-0.2, -0.15) is 11.8 Å². The minimum atomic E-state index is 0.117. The number of nitrogens with zero attached hydrogens (tertiary/aromatic N) is 1. The van der Waals surface area contributed by atoms with Crippen molar-refractivity contribution in [2.75, 3.05) is 31.7 Å². The SMILES string of the molecule is CN1CCSCC1C(=O)CCc1ccc2c(c1)CCO2. The number of Topliss-reactive ketones (excluding diaryl/α,β-unsaturated/α-hetero) is 1. The maximum Gasteiger partial charge on any atom is 0.151 e. The molecule has 1 aromatic rings. The van der Waals surface area contributed by atoms with Crippen molar-refractivity contribution in [3.63, 3.8) is 0 Å². The second-order valence-corrected chi connectivity index (χ2v) is 6.73. The highest BCUT2D eigenvalue weighted by Crippen LogP contribution is 2.26. The van der Waals surface area contributed by atoms with Crippen LogP contribution in [0.5, 0.6) is 5.75 Å². The van der Waals surface area contributed by atoms with Gasteiger partial charge in [0.15, 0.2) is 5.78 Å². The topological polar surface area (TPSA) is 29.5 Å². The number of ketones is 1. The molecule has 20 heavy (non-hydrogen) atoms. The molecule has 0 amide bonds. The second kappa shape index (κ2) is 6.19. The summed E-state index contributed by atoms with van der Waals surface area (Å²) in [6.45, 7) is 1.82. The van der Waals surface area contributed by atoms with Gasteiger partial charge in [-0.1, -0.05) is 12.1 Å². The third-order valence-electron chi connectivity index (χ3n) is 4.18. The van der Waals surface area contributed by atoms with Crippen LogP contribution in [0, 0.1) is 0 Å². The first kappa shape index (κ1) is 14.0. The van der Waals surface area contributed by atoms with Crippen LogP contribution >= 0.6 is 11.8 Å². The van der Waals surface area contributed by atoms with Crippen LogP contribution in [0.2, 0.25) is 0 Å². The third kappa shape index (κ3) is 3.01. The number of hydrogen-bond acceptors (Lipinski definition) is 4. The standard InChI is InChI=1S/C16H21NO2S/c1-17-7-9-20-11-14(17)15(18)4-2-12-3-5-16-13(10-12)6-8-19-16/h3,5,10,14H,2,4,6-9,11H2,1H3. The number of likely N-dealkylation sites (N-methyl/N-ethyl adjacent to an activating group) is 1. The second-order valence-electron chi connectivity index (χ2n) is 5.58. The van der Waals surface area contributed by atoms with E-state index in [2.05, 4.69) is 24.1 Å². The molecular formula is C16H21NO2S. The van der Waals surface area contributed by atoms with E-state index in [0.717, 1.165) is 43.2 Å². The number of carbonyl (C=O) groups excluding carboxylic acids is 1. The summed E-state index contributed by atoms with van der Waals surface area (Å²) in [6.07, 6.45) is 2.50. The maximum absolute atomic E-state index is 12.3. The van der Waals surface area contributed by atoms with Gasteiger partial charge in [0.05, 0.1) is 12.6 Å². The summed E-state index contributed by atoms with van der Waals surface area (Å²) in [6, 6.07) is 6.46. The van der Waals surface area contributed by atoms with Crippen molar-refractivity contribution in [2.24, 2.45) is 0 Å². The molecule has 4 heteroatoms. The zero-order valence-corrected chi connectivity index (χ0v) is 12.7. The van der Waals surface area contributed by atoms with Crippen molar-refractivity contribution in [3.8, 4) is 5.75 Å². The van der Waals surface area contributed by atoms with Gasteiger partial charge in [0, 0.05) is 30.9 Å². The molecule has 0 N–H and O–H groups in total. The fraction of sp³-hybridized carbons (Fsp3) is 0.562. The minimum Gasteiger partial charge on any atom is -0.493 e. The Balaban J connectivity index is 1.57. The van der Waals surface area contributed by atoms with Gasteiger partial charge in [-0.25, -0.2) is 0 Å². The quantitative estimate of drug-likeness (QED) is 0.850. The summed E-state index contributed by atoms with van der Waals surface area (Å²) in [4.78, 5) is 14.5. The Morgan fingerprint density at radius 2 is 2.40 bits per heavy atom. The first-order valence-electron chi connectivity index (χ1n) is 7.29. The van der Waals surface area contributed by atoms with E-state index >= 15 is 0 Å². The van der Waals surface area contributed by atoms with Crippen LogP contribution in [0.3, 0.4) is 0 Å². The monoisotopic (exact) mass is 291 g/mol. The molecule has 0 aromatic heterocycles. The van der Waals surface area contributed by atoms with E-state index in [9.17, 15) is 4.79 Å². The summed E-state index contributed by atoms with van der Waals surface area (Å²) < 4.78 is 5.51. The summed E-state index contributed by atoms with van der Waals surface area (Å²) in [7, 11) is 2.06. The molecule has 0 radical (unpaired) electrons. The van der Waals surface area contributed by atoms with Crippen LogP contribution in [0.1, 0.15) is 17.5 Å². The van der Waals surface area contributed by atoms with Crippen LogP contribution in [-0.4, -0.2) is 48.4 Å². The molecule has 1 atom stereocenters. The molecule has 0 bridgehead atoms. The summed E-state index contributed by atoms with van der Waals surface area (Å²) in [5, 5.41) is 0. The first-order valence-corrected chi connectivity index (χ1v) is 8.45. The Hall–Kier alpha value is -1.00. The normalized spacial score (nSPS) is 22.4. The zero-order valence-electron chi connectivity index (χ0n) is 11.9. The van der Waals surface area contributed by atoms with Crippen molar-refractivity contribution in [3.05, 3.63) is 29.3 Å². The fourth-order valence-electron chi connectivity index (χ4n) is 2.85. The molecule has 108 valence electrons. The highest BCUT2D eigenvalue weighted by Gasteiger charge is 2.25. The number of aryl methyl sites for hydroxylation is 1. The smallest absolute Gasteiger partial charge is 0.151 e. The third-order valence-corrected chi connectivity index (χ3v) is 5.20. The van der Waals surface area contributed by atoms with E-state index in [4.69, 9.17) is 4.74 Å². The maximum atomic E-state index is 12.3. The molecule has 2 aliphatic heterocycles. The lowest BCUT2D eigenvalue weighted by Gasteiger charge is -2.30. The molecule has 0 spiro atoms. The van der Waals surface area contributed by atoms with Gasteiger partial charge < -0.3 is 4.74 Å². The molecule has 1 fully saturated rings. The van der Waals surface area contributed by atoms with Crippen molar-refractivity contribution in [1.82, 2.24) is 4.90 Å². The van der Waals surface area contributed by atoms with Crippen LogP contribution in [0.25, 0.3) is 0 Å². The molecule has 3 rings (SSSR count). The molecule has 2 heterocycles. The van der Waals surface area contributed by atoms with Crippen molar-refractivity contribution in [1.29, 1.82) is 0 Å². The van der Waals surface area contributed by atoms with Crippen molar-refractivity contribution >= 4 is 17.5 Å². The van der Waals surface area contributed by atoms with Gasteiger partial charge in [0.25, 0.3) is 0 Å². The van der Waals surface area contributed by atoms with Gasteiger partial charge in [-0.15, -0.1) is 0 Å². The average Bonchev–Trinajstić information content (AvgIpc) is 2.92. The Bertz CT molecular complexity index is 503. The molecule has 2 aliphatic rings. The van der Waals surface area contributed by atoms with E-state index in [1.807, 2.05) is 17.8 Å². The van der Waals surface area contributed by atoms with Gasteiger partial charge in [0.1, 0.15) is 5.75 Å². The van der Waals surface area contributed by atoms with Crippen LogP contribution in [-0.2, 0) is 17.6 Å².